The second-order valence-corrected chi connectivity index (χ2v) is 11.3. The number of carbonyl (C=O) groups is 2. The maximum Gasteiger partial charge on any atom is 0.407 e. The Morgan fingerprint density at radius 3 is 2.82 bits per heavy atom. The van der Waals surface area contributed by atoms with Gasteiger partial charge in [0.25, 0.3) is 5.91 Å². The number of rotatable bonds is 7. The van der Waals surface area contributed by atoms with E-state index in [2.05, 4.69) is 10.6 Å². The molecule has 7 atom stereocenters. The standard InChI is InChI=1S/C30H37N3O6/c34-25(18-33-15-8-2-7-14-30(33)22-11-5-6-12-23(22)31-28(30)35)24(17-20-9-3-1-4-10-20)32-29(36)39-26-19-38-27-21(26)13-16-37-27/h1,3-6,9-12,21,24-27,34H,2,7-8,13-19H2,(H,31,35)(H,32,36)/p+1/t21?,24?,25?,26?,27?,30-/m1/s1. The first-order valence-electron chi connectivity index (χ1n) is 14.2. The fraction of sp³-hybridized carbons (Fsp3) is 0.533. The van der Waals surface area contributed by atoms with Gasteiger partial charge in [0, 0.05) is 12.0 Å². The number of hydrogen-bond donors (Lipinski definition) is 4. The Bertz CT molecular complexity index is 1180. The Balaban J connectivity index is 1.21. The summed E-state index contributed by atoms with van der Waals surface area (Å²) in [6.07, 6.45) is 2.79. The first-order chi connectivity index (χ1) is 19.0. The number of alkyl carbamates (subject to hydrolysis) is 1. The second kappa shape index (κ2) is 11.3. The summed E-state index contributed by atoms with van der Waals surface area (Å²) in [6, 6.07) is 17.1. The summed E-state index contributed by atoms with van der Waals surface area (Å²) in [6.45, 7) is 2.00. The predicted octanol–water partition coefficient (Wildman–Crippen LogP) is 1.75. The van der Waals surface area contributed by atoms with E-state index in [1.807, 2.05) is 54.6 Å². The number of amides is 2. The first kappa shape index (κ1) is 26.3. The van der Waals surface area contributed by atoms with Crippen molar-refractivity contribution >= 4 is 17.7 Å². The van der Waals surface area contributed by atoms with Crippen LogP contribution in [0.1, 0.15) is 43.2 Å². The molecule has 2 aromatic rings. The molecule has 4 N–H and O–H groups in total. The lowest BCUT2D eigenvalue weighted by atomic mass is 9.84. The first-order valence-corrected chi connectivity index (χ1v) is 14.2. The number of hydrogen-bond acceptors (Lipinski definition) is 6. The molecule has 2 aromatic carbocycles. The number of aliphatic hydroxyl groups is 1. The summed E-state index contributed by atoms with van der Waals surface area (Å²) < 4.78 is 17.0. The molecule has 0 radical (unpaired) electrons. The van der Waals surface area contributed by atoms with Crippen molar-refractivity contribution in [2.24, 2.45) is 5.92 Å². The van der Waals surface area contributed by atoms with Gasteiger partial charge in [-0.2, -0.15) is 0 Å². The molecule has 4 aliphatic rings. The van der Waals surface area contributed by atoms with Crippen LogP contribution in [-0.2, 0) is 31.0 Å². The number of anilines is 1. The van der Waals surface area contributed by atoms with Gasteiger partial charge in [-0.15, -0.1) is 0 Å². The van der Waals surface area contributed by atoms with Crippen molar-refractivity contribution in [3.63, 3.8) is 0 Å². The molecule has 0 saturated carbocycles. The fourth-order valence-corrected chi connectivity index (χ4v) is 6.90. The zero-order chi connectivity index (χ0) is 26.8. The largest absolute Gasteiger partial charge is 0.443 e. The number of quaternary nitrogens is 1. The van der Waals surface area contributed by atoms with Gasteiger partial charge >= 0.3 is 6.09 Å². The maximum absolute atomic E-state index is 13.6. The van der Waals surface area contributed by atoms with Crippen LogP contribution in [0, 0.1) is 5.92 Å². The average molecular weight is 537 g/mol. The molecule has 4 heterocycles. The minimum atomic E-state index is -0.898. The number of benzene rings is 2. The highest BCUT2D eigenvalue weighted by Gasteiger charge is 2.55. The van der Waals surface area contributed by atoms with E-state index in [0.29, 0.717) is 26.2 Å². The highest BCUT2D eigenvalue weighted by atomic mass is 16.7. The van der Waals surface area contributed by atoms with Gasteiger partial charge in [-0.3, -0.25) is 4.79 Å². The quantitative estimate of drug-likeness (QED) is 0.429. The van der Waals surface area contributed by atoms with Crippen molar-refractivity contribution in [3.05, 3.63) is 65.7 Å². The number of ether oxygens (including phenoxy) is 3. The normalized spacial score (nSPS) is 31.2. The van der Waals surface area contributed by atoms with Gasteiger partial charge < -0.3 is 34.9 Å². The average Bonchev–Trinajstić information content (AvgIpc) is 3.58. The van der Waals surface area contributed by atoms with E-state index in [9.17, 15) is 14.7 Å². The van der Waals surface area contributed by atoms with Gasteiger partial charge in [-0.1, -0.05) is 48.5 Å². The van der Waals surface area contributed by atoms with Crippen LogP contribution >= 0.6 is 0 Å². The summed E-state index contributed by atoms with van der Waals surface area (Å²) in [5.74, 6) is 0.0324. The number of likely N-dealkylation sites (tertiary alicyclic amines) is 1. The topological polar surface area (TPSA) is 111 Å². The third kappa shape index (κ3) is 5.16. The van der Waals surface area contributed by atoms with Crippen LogP contribution in [-0.4, -0.2) is 68.0 Å². The molecular formula is C30H38N3O6+. The number of carbonyl (C=O) groups excluding carboxylic acids is 2. The lowest BCUT2D eigenvalue weighted by molar-refractivity contribution is -0.951. The summed E-state index contributed by atoms with van der Waals surface area (Å²) in [5.41, 5.74) is 2.11. The van der Waals surface area contributed by atoms with Crippen molar-refractivity contribution in [2.45, 2.75) is 68.6 Å². The van der Waals surface area contributed by atoms with Crippen molar-refractivity contribution in [1.82, 2.24) is 5.32 Å². The molecule has 3 fully saturated rings. The summed E-state index contributed by atoms with van der Waals surface area (Å²) in [7, 11) is 0. The lowest BCUT2D eigenvalue weighted by Crippen LogP contribution is -3.20. The molecule has 0 aliphatic carbocycles. The van der Waals surface area contributed by atoms with Crippen LogP contribution in [0.5, 0.6) is 0 Å². The lowest BCUT2D eigenvalue weighted by Gasteiger charge is -2.37. The third-order valence-electron chi connectivity index (χ3n) is 8.92. The Morgan fingerprint density at radius 1 is 1.13 bits per heavy atom. The van der Waals surface area contributed by atoms with Crippen LogP contribution in [0.4, 0.5) is 10.5 Å². The monoisotopic (exact) mass is 536 g/mol. The predicted molar refractivity (Wildman–Crippen MR) is 143 cm³/mol. The molecule has 0 aromatic heterocycles. The minimum absolute atomic E-state index is 0.00523. The van der Waals surface area contributed by atoms with Gasteiger partial charge in [-0.05, 0) is 43.7 Å². The Kier molecular flexibility index (Phi) is 7.57. The van der Waals surface area contributed by atoms with Gasteiger partial charge in [0.2, 0.25) is 5.54 Å². The Labute approximate surface area is 228 Å². The molecule has 3 saturated heterocycles. The molecule has 6 unspecified atom stereocenters. The second-order valence-electron chi connectivity index (χ2n) is 11.3. The molecule has 2 amide bonds. The maximum atomic E-state index is 13.6. The number of aliphatic hydroxyl groups excluding tert-OH is 1. The molecule has 1 spiro atoms. The molecular weight excluding hydrogens is 498 g/mol. The van der Waals surface area contributed by atoms with Crippen molar-refractivity contribution in [3.8, 4) is 0 Å². The van der Waals surface area contributed by atoms with Crippen LogP contribution in [0.3, 0.4) is 0 Å². The molecule has 4 aliphatic heterocycles. The minimum Gasteiger partial charge on any atom is -0.443 e. The van der Waals surface area contributed by atoms with E-state index in [4.69, 9.17) is 14.2 Å². The van der Waals surface area contributed by atoms with E-state index < -0.39 is 23.8 Å². The van der Waals surface area contributed by atoms with Gasteiger partial charge in [0.1, 0.15) is 18.8 Å². The van der Waals surface area contributed by atoms with Crippen LogP contribution < -0.4 is 15.5 Å². The Morgan fingerprint density at radius 2 is 1.95 bits per heavy atom. The summed E-state index contributed by atoms with van der Waals surface area (Å²) in [4.78, 5) is 27.7. The highest BCUT2D eigenvalue weighted by Crippen LogP contribution is 2.38. The summed E-state index contributed by atoms with van der Waals surface area (Å²) in [5, 5.41) is 17.7. The van der Waals surface area contributed by atoms with Crippen molar-refractivity contribution in [1.29, 1.82) is 0 Å². The zero-order valence-corrected chi connectivity index (χ0v) is 22.1. The van der Waals surface area contributed by atoms with Crippen LogP contribution in [0.2, 0.25) is 0 Å². The van der Waals surface area contributed by atoms with Gasteiger partial charge in [0.05, 0.1) is 37.4 Å². The van der Waals surface area contributed by atoms with E-state index in [-0.39, 0.29) is 24.2 Å². The van der Waals surface area contributed by atoms with E-state index in [0.717, 1.165) is 60.4 Å². The molecule has 9 nitrogen and oxygen atoms in total. The molecule has 39 heavy (non-hydrogen) atoms. The number of fused-ring (bicyclic) bond motifs is 3. The van der Waals surface area contributed by atoms with Crippen molar-refractivity contribution in [2.75, 3.05) is 31.6 Å². The van der Waals surface area contributed by atoms with E-state index in [1.54, 1.807) is 0 Å². The highest BCUT2D eigenvalue weighted by molar-refractivity contribution is 6.04. The summed E-state index contributed by atoms with van der Waals surface area (Å²) >= 11 is 0. The van der Waals surface area contributed by atoms with Gasteiger partial charge in [-0.25, -0.2) is 4.79 Å². The van der Waals surface area contributed by atoms with E-state index >= 15 is 0 Å². The molecule has 0 bridgehead atoms. The number of nitrogens with one attached hydrogen (secondary N) is 3. The molecule has 208 valence electrons. The third-order valence-corrected chi connectivity index (χ3v) is 8.92. The van der Waals surface area contributed by atoms with Crippen LogP contribution in [0.25, 0.3) is 0 Å². The Hall–Kier alpha value is -2.98. The smallest absolute Gasteiger partial charge is 0.407 e. The van der Waals surface area contributed by atoms with Gasteiger partial charge in [0.15, 0.2) is 6.29 Å². The van der Waals surface area contributed by atoms with E-state index in [1.165, 1.54) is 0 Å². The van der Waals surface area contributed by atoms with Crippen LogP contribution in [0.15, 0.2) is 54.6 Å². The molecule has 9 heteroatoms. The fourth-order valence-electron chi connectivity index (χ4n) is 6.90. The SMILES string of the molecule is O=C(NC(Cc1ccccc1)C(O)C[NH+]1CCCCC[C@@]12C(=O)Nc1ccccc12)OC1COC2OCCC12. The number of para-hydroxylation sites is 1. The molecule has 6 rings (SSSR count). The zero-order valence-electron chi connectivity index (χ0n) is 22.1. The van der Waals surface area contributed by atoms with Crippen molar-refractivity contribution < 1.29 is 33.8 Å².